The fraction of sp³-hybridized carbons (Fsp3) is 0.222. The van der Waals surface area contributed by atoms with Crippen molar-refractivity contribution in [1.82, 2.24) is 10.7 Å². The molecule has 0 fully saturated rings. The van der Waals surface area contributed by atoms with Crippen molar-refractivity contribution in [2.45, 2.75) is 33.4 Å². The largest absolute Gasteiger partial charge is 0.489 e. The number of aryl methyl sites for hydroxylation is 1. The molecule has 170 valence electrons. The van der Waals surface area contributed by atoms with E-state index in [2.05, 4.69) is 34.9 Å². The molecule has 0 heterocycles. The van der Waals surface area contributed by atoms with Gasteiger partial charge in [0.15, 0.2) is 0 Å². The van der Waals surface area contributed by atoms with Crippen LogP contribution in [0.25, 0.3) is 0 Å². The Morgan fingerprint density at radius 2 is 1.70 bits per heavy atom. The highest BCUT2D eigenvalue weighted by Crippen LogP contribution is 2.14. The molecule has 0 aliphatic carbocycles. The summed E-state index contributed by atoms with van der Waals surface area (Å²) < 4.78 is 5.82. The number of ether oxygens (including phenoxy) is 1. The van der Waals surface area contributed by atoms with Gasteiger partial charge in [-0.3, -0.25) is 9.59 Å². The quantitative estimate of drug-likeness (QED) is 0.378. The summed E-state index contributed by atoms with van der Waals surface area (Å²) in [4.78, 5) is 25.0. The number of carbonyl (C=O) groups excluding carboxylic acids is 2. The maximum Gasteiger partial charge on any atom is 0.262 e. The molecule has 0 bridgehead atoms. The number of hydrogen-bond donors (Lipinski definition) is 2. The second kappa shape index (κ2) is 11.6. The first-order chi connectivity index (χ1) is 15.9. The van der Waals surface area contributed by atoms with Gasteiger partial charge in [0.25, 0.3) is 11.8 Å². The number of hydrogen-bond acceptors (Lipinski definition) is 4. The molecule has 2 N–H and O–H groups in total. The van der Waals surface area contributed by atoms with Gasteiger partial charge in [-0.15, -0.1) is 0 Å². The number of nitrogens with zero attached hydrogens (tertiary/aromatic N) is 1. The van der Waals surface area contributed by atoms with E-state index in [-0.39, 0.29) is 17.7 Å². The molecule has 33 heavy (non-hydrogen) atoms. The lowest BCUT2D eigenvalue weighted by molar-refractivity contribution is -0.123. The number of carbonyl (C=O) groups is 2. The minimum atomic E-state index is -0.702. The third kappa shape index (κ3) is 7.31. The fourth-order valence-corrected chi connectivity index (χ4v) is 3.21. The van der Waals surface area contributed by atoms with E-state index < -0.39 is 6.04 Å². The normalized spacial score (nSPS) is 11.9. The summed E-state index contributed by atoms with van der Waals surface area (Å²) in [7, 11) is 0. The lowest BCUT2D eigenvalue weighted by atomic mass is 10.0. The van der Waals surface area contributed by atoms with Crippen LogP contribution < -0.4 is 15.5 Å². The first-order valence-electron chi connectivity index (χ1n) is 10.9. The Labute approximate surface area is 194 Å². The molecular formula is C27H29N3O3. The van der Waals surface area contributed by atoms with Gasteiger partial charge in [-0.2, -0.15) is 5.10 Å². The van der Waals surface area contributed by atoms with Crippen molar-refractivity contribution in [3.63, 3.8) is 0 Å². The average Bonchev–Trinajstić information content (AvgIpc) is 2.82. The van der Waals surface area contributed by atoms with Crippen molar-refractivity contribution in [3.05, 3.63) is 101 Å². The average molecular weight is 444 g/mol. The Bertz CT molecular complexity index is 1090. The zero-order valence-electron chi connectivity index (χ0n) is 19.1. The Morgan fingerprint density at radius 1 is 0.970 bits per heavy atom. The predicted octanol–water partition coefficient (Wildman–Crippen LogP) is 4.48. The number of nitrogens with one attached hydrogen (secondary N) is 2. The second-order valence-electron chi connectivity index (χ2n) is 8.14. The van der Waals surface area contributed by atoms with E-state index >= 15 is 0 Å². The van der Waals surface area contributed by atoms with E-state index in [1.807, 2.05) is 56.3 Å². The third-order valence-corrected chi connectivity index (χ3v) is 5.03. The number of benzene rings is 3. The predicted molar refractivity (Wildman–Crippen MR) is 130 cm³/mol. The minimum absolute atomic E-state index is 0.0994. The van der Waals surface area contributed by atoms with Gasteiger partial charge in [0.05, 0.1) is 6.21 Å². The molecule has 0 saturated carbocycles. The van der Waals surface area contributed by atoms with Crippen LogP contribution >= 0.6 is 0 Å². The van der Waals surface area contributed by atoms with Crippen molar-refractivity contribution in [2.24, 2.45) is 11.0 Å². The Kier molecular flexibility index (Phi) is 8.36. The van der Waals surface area contributed by atoms with Crippen LogP contribution in [0.4, 0.5) is 0 Å². The lowest BCUT2D eigenvalue weighted by Gasteiger charge is -2.20. The summed E-state index contributed by atoms with van der Waals surface area (Å²) >= 11 is 0. The summed E-state index contributed by atoms with van der Waals surface area (Å²) in [6, 6.07) is 23.7. The zero-order valence-corrected chi connectivity index (χ0v) is 19.1. The molecule has 0 aliphatic rings. The molecule has 1 atom stereocenters. The van der Waals surface area contributed by atoms with Crippen molar-refractivity contribution >= 4 is 18.0 Å². The van der Waals surface area contributed by atoms with E-state index in [0.717, 1.165) is 16.9 Å². The van der Waals surface area contributed by atoms with Crippen LogP contribution in [-0.4, -0.2) is 24.1 Å². The Balaban J connectivity index is 1.52. The highest BCUT2D eigenvalue weighted by atomic mass is 16.5. The second-order valence-corrected chi connectivity index (χ2v) is 8.14. The molecular weight excluding hydrogens is 414 g/mol. The van der Waals surface area contributed by atoms with E-state index in [1.165, 1.54) is 5.56 Å². The smallest absolute Gasteiger partial charge is 0.262 e. The van der Waals surface area contributed by atoms with Crippen LogP contribution in [0.3, 0.4) is 0 Å². The highest BCUT2D eigenvalue weighted by molar-refractivity contribution is 5.97. The maximum atomic E-state index is 12.6. The third-order valence-electron chi connectivity index (χ3n) is 5.03. The summed E-state index contributed by atoms with van der Waals surface area (Å²) in [5, 5.41) is 6.82. The molecule has 0 aromatic heterocycles. The van der Waals surface area contributed by atoms with Crippen LogP contribution in [0, 0.1) is 12.8 Å². The molecule has 3 aromatic carbocycles. The number of hydrazone groups is 1. The Morgan fingerprint density at radius 3 is 2.36 bits per heavy atom. The van der Waals surface area contributed by atoms with Crippen molar-refractivity contribution in [1.29, 1.82) is 0 Å². The van der Waals surface area contributed by atoms with Crippen LogP contribution in [0.1, 0.15) is 40.9 Å². The molecule has 0 spiro atoms. The van der Waals surface area contributed by atoms with E-state index in [1.54, 1.807) is 30.5 Å². The first-order valence-corrected chi connectivity index (χ1v) is 10.9. The monoisotopic (exact) mass is 443 g/mol. The molecule has 3 aromatic rings. The SMILES string of the molecule is Cc1cccc(COc2ccc(/C=N/NC(=O)C(NC(=O)c3ccccc3)C(C)C)cc2)c1. The van der Waals surface area contributed by atoms with Gasteiger partial charge in [-0.05, 0) is 60.4 Å². The summed E-state index contributed by atoms with van der Waals surface area (Å²) in [5.41, 5.74) is 6.15. The highest BCUT2D eigenvalue weighted by Gasteiger charge is 2.24. The topological polar surface area (TPSA) is 79.8 Å². The van der Waals surface area contributed by atoms with Gasteiger partial charge in [0, 0.05) is 5.56 Å². The fourth-order valence-electron chi connectivity index (χ4n) is 3.21. The van der Waals surface area contributed by atoms with Gasteiger partial charge in [-0.1, -0.05) is 61.9 Å². The zero-order chi connectivity index (χ0) is 23.6. The van der Waals surface area contributed by atoms with Gasteiger partial charge < -0.3 is 10.1 Å². The molecule has 3 rings (SSSR count). The molecule has 0 radical (unpaired) electrons. The van der Waals surface area contributed by atoms with Gasteiger partial charge >= 0.3 is 0 Å². The maximum absolute atomic E-state index is 12.6. The van der Waals surface area contributed by atoms with Crippen LogP contribution in [0.15, 0.2) is 84.0 Å². The minimum Gasteiger partial charge on any atom is -0.489 e. The summed E-state index contributed by atoms with van der Waals surface area (Å²) in [6.45, 7) is 6.29. The van der Waals surface area contributed by atoms with E-state index in [9.17, 15) is 9.59 Å². The van der Waals surface area contributed by atoms with Gasteiger partial charge in [-0.25, -0.2) is 5.43 Å². The summed E-state index contributed by atoms with van der Waals surface area (Å²) in [6.07, 6.45) is 1.55. The first kappa shape index (κ1) is 23.7. The number of rotatable bonds is 9. The van der Waals surface area contributed by atoms with Crippen molar-refractivity contribution < 1.29 is 14.3 Å². The van der Waals surface area contributed by atoms with Crippen molar-refractivity contribution in [2.75, 3.05) is 0 Å². The van der Waals surface area contributed by atoms with Crippen LogP contribution in [0.2, 0.25) is 0 Å². The molecule has 0 aliphatic heterocycles. The summed E-state index contributed by atoms with van der Waals surface area (Å²) in [5.74, 6) is -0.0165. The van der Waals surface area contributed by atoms with Gasteiger partial charge in [0.1, 0.15) is 18.4 Å². The van der Waals surface area contributed by atoms with E-state index in [4.69, 9.17) is 4.74 Å². The van der Waals surface area contributed by atoms with Crippen LogP contribution in [0.5, 0.6) is 5.75 Å². The lowest BCUT2D eigenvalue weighted by Crippen LogP contribution is -2.48. The van der Waals surface area contributed by atoms with E-state index in [0.29, 0.717) is 12.2 Å². The van der Waals surface area contributed by atoms with Gasteiger partial charge in [0.2, 0.25) is 0 Å². The van der Waals surface area contributed by atoms with Crippen molar-refractivity contribution in [3.8, 4) is 5.75 Å². The molecule has 6 heteroatoms. The standard InChI is InChI=1S/C27H29N3O3/c1-19(2)25(29-26(31)23-10-5-4-6-11-23)27(32)30-28-17-21-12-14-24(15-13-21)33-18-22-9-7-8-20(3)16-22/h4-17,19,25H,18H2,1-3H3,(H,29,31)(H,30,32)/b28-17+. The molecule has 0 saturated heterocycles. The van der Waals surface area contributed by atoms with Crippen LogP contribution in [-0.2, 0) is 11.4 Å². The Hall–Kier alpha value is -3.93. The molecule has 6 nitrogen and oxygen atoms in total. The number of amides is 2. The molecule has 1 unspecified atom stereocenters. The molecule has 2 amide bonds.